The molecule has 4 aromatic rings. The standard InChI is InChI=1S/C30H26FNO4/c1-20-6-8-21(9-7-20)11-15-29(33)32-28(30(34)35)17-22-10-12-24-18-26(14-13-23(24)16-22)36-19-25-4-2-3-5-27(25)31/h2-16,18,28H,17,19H2,1H3,(H,32,33)(H,34,35)/b15-11+. The summed E-state index contributed by atoms with van der Waals surface area (Å²) in [5, 5.41) is 14.0. The first kappa shape index (κ1) is 24.7. The largest absolute Gasteiger partial charge is 0.489 e. The summed E-state index contributed by atoms with van der Waals surface area (Å²) in [4.78, 5) is 24.1. The Morgan fingerprint density at radius 1 is 0.972 bits per heavy atom. The number of benzene rings is 4. The molecule has 0 aromatic heterocycles. The van der Waals surface area contributed by atoms with Gasteiger partial charge in [-0.3, -0.25) is 4.79 Å². The number of nitrogens with one attached hydrogen (secondary N) is 1. The molecule has 182 valence electrons. The lowest BCUT2D eigenvalue weighted by atomic mass is 10.0. The number of carbonyl (C=O) groups is 2. The van der Waals surface area contributed by atoms with Crippen LogP contribution in [0.5, 0.6) is 5.75 Å². The monoisotopic (exact) mass is 483 g/mol. The molecule has 0 aliphatic heterocycles. The number of carboxylic acids is 1. The van der Waals surface area contributed by atoms with Crippen molar-refractivity contribution in [1.82, 2.24) is 5.32 Å². The van der Waals surface area contributed by atoms with Crippen molar-refractivity contribution in [2.75, 3.05) is 0 Å². The third-order valence-electron chi connectivity index (χ3n) is 5.79. The molecule has 2 N–H and O–H groups in total. The van der Waals surface area contributed by atoms with E-state index in [1.807, 2.05) is 61.5 Å². The molecule has 5 nitrogen and oxygen atoms in total. The van der Waals surface area contributed by atoms with Crippen molar-refractivity contribution in [3.63, 3.8) is 0 Å². The Labute approximate surface area is 208 Å². The van der Waals surface area contributed by atoms with E-state index >= 15 is 0 Å². The lowest BCUT2D eigenvalue weighted by Gasteiger charge is -2.14. The summed E-state index contributed by atoms with van der Waals surface area (Å²) < 4.78 is 19.6. The zero-order chi connectivity index (χ0) is 25.5. The molecule has 0 radical (unpaired) electrons. The van der Waals surface area contributed by atoms with Crippen molar-refractivity contribution < 1.29 is 23.8 Å². The average Bonchev–Trinajstić information content (AvgIpc) is 2.87. The summed E-state index contributed by atoms with van der Waals surface area (Å²) in [5.41, 5.74) is 3.22. The number of hydrogen-bond donors (Lipinski definition) is 2. The molecule has 0 spiro atoms. The predicted molar refractivity (Wildman–Crippen MR) is 138 cm³/mol. The number of hydrogen-bond acceptors (Lipinski definition) is 3. The van der Waals surface area contributed by atoms with Gasteiger partial charge in [0.05, 0.1) is 0 Å². The molecule has 0 aliphatic carbocycles. The first-order valence-corrected chi connectivity index (χ1v) is 11.5. The molecule has 0 saturated heterocycles. The van der Waals surface area contributed by atoms with Crippen molar-refractivity contribution in [1.29, 1.82) is 0 Å². The number of carboxylic acid groups (broad SMARTS) is 1. The maximum atomic E-state index is 13.8. The van der Waals surface area contributed by atoms with Gasteiger partial charge in [-0.05, 0) is 53.1 Å². The minimum absolute atomic E-state index is 0.120. The minimum atomic E-state index is -1.11. The lowest BCUT2D eigenvalue weighted by molar-refractivity contribution is -0.141. The molecule has 4 aromatic carbocycles. The lowest BCUT2D eigenvalue weighted by Crippen LogP contribution is -2.41. The number of rotatable bonds is 9. The number of aliphatic carboxylic acids is 1. The van der Waals surface area contributed by atoms with Crippen LogP contribution in [0.15, 0.2) is 91.0 Å². The Morgan fingerprint density at radius 3 is 2.44 bits per heavy atom. The van der Waals surface area contributed by atoms with Gasteiger partial charge in [-0.15, -0.1) is 0 Å². The zero-order valence-electron chi connectivity index (χ0n) is 19.8. The van der Waals surface area contributed by atoms with E-state index in [9.17, 15) is 19.1 Å². The van der Waals surface area contributed by atoms with E-state index < -0.39 is 17.9 Å². The van der Waals surface area contributed by atoms with Gasteiger partial charge in [0, 0.05) is 18.1 Å². The third-order valence-corrected chi connectivity index (χ3v) is 5.79. The van der Waals surface area contributed by atoms with Crippen molar-refractivity contribution >= 4 is 28.7 Å². The van der Waals surface area contributed by atoms with Gasteiger partial charge in [-0.2, -0.15) is 0 Å². The second-order valence-corrected chi connectivity index (χ2v) is 8.57. The first-order chi connectivity index (χ1) is 17.4. The fraction of sp³-hybridized carbons (Fsp3) is 0.133. The van der Waals surface area contributed by atoms with E-state index in [4.69, 9.17) is 4.74 Å². The van der Waals surface area contributed by atoms with Gasteiger partial charge in [0.1, 0.15) is 24.2 Å². The Morgan fingerprint density at radius 2 is 1.69 bits per heavy atom. The van der Waals surface area contributed by atoms with E-state index in [0.29, 0.717) is 11.3 Å². The van der Waals surface area contributed by atoms with Crippen molar-refractivity contribution in [2.45, 2.75) is 26.0 Å². The summed E-state index contributed by atoms with van der Waals surface area (Å²) in [6.07, 6.45) is 3.13. The molecule has 36 heavy (non-hydrogen) atoms. The summed E-state index contributed by atoms with van der Waals surface area (Å²) >= 11 is 0. The number of ether oxygens (including phenoxy) is 1. The van der Waals surface area contributed by atoms with Crippen LogP contribution < -0.4 is 10.1 Å². The minimum Gasteiger partial charge on any atom is -0.489 e. The molecule has 6 heteroatoms. The first-order valence-electron chi connectivity index (χ1n) is 11.5. The van der Waals surface area contributed by atoms with Gasteiger partial charge >= 0.3 is 5.97 Å². The van der Waals surface area contributed by atoms with Gasteiger partial charge in [0.2, 0.25) is 5.91 Å². The van der Waals surface area contributed by atoms with Crippen LogP contribution in [0, 0.1) is 12.7 Å². The molecule has 0 bridgehead atoms. The van der Waals surface area contributed by atoms with Crippen LogP contribution in [0.1, 0.15) is 22.3 Å². The SMILES string of the molecule is Cc1ccc(/C=C/C(=O)NC(Cc2ccc3cc(OCc4ccccc4F)ccc3c2)C(=O)O)cc1. The van der Waals surface area contributed by atoms with Gasteiger partial charge in [-0.25, -0.2) is 9.18 Å². The molecule has 0 aliphatic rings. The maximum Gasteiger partial charge on any atom is 0.326 e. The highest BCUT2D eigenvalue weighted by Crippen LogP contribution is 2.24. The second kappa shape index (κ2) is 11.3. The van der Waals surface area contributed by atoms with Crippen LogP contribution >= 0.6 is 0 Å². The maximum absolute atomic E-state index is 13.8. The summed E-state index contributed by atoms with van der Waals surface area (Å²) in [6.45, 7) is 2.10. The van der Waals surface area contributed by atoms with Gasteiger partial charge < -0.3 is 15.2 Å². The molecule has 1 amide bonds. The highest BCUT2D eigenvalue weighted by atomic mass is 19.1. The van der Waals surface area contributed by atoms with E-state index in [1.54, 1.807) is 30.3 Å². The van der Waals surface area contributed by atoms with Crippen LogP contribution in [-0.4, -0.2) is 23.0 Å². The number of carbonyl (C=O) groups excluding carboxylic acids is 1. The molecule has 1 atom stereocenters. The summed E-state index contributed by atoms with van der Waals surface area (Å²) in [6, 6.07) is 24.2. The van der Waals surface area contributed by atoms with Crippen LogP contribution in [0.4, 0.5) is 4.39 Å². The van der Waals surface area contributed by atoms with Crippen LogP contribution in [0.3, 0.4) is 0 Å². The Kier molecular flexibility index (Phi) is 7.75. The van der Waals surface area contributed by atoms with Crippen LogP contribution in [0.2, 0.25) is 0 Å². The molecule has 4 rings (SSSR count). The molecule has 0 saturated carbocycles. The zero-order valence-corrected chi connectivity index (χ0v) is 19.8. The topological polar surface area (TPSA) is 75.6 Å². The summed E-state index contributed by atoms with van der Waals surface area (Å²) in [5.74, 6) is -1.28. The average molecular weight is 484 g/mol. The number of fused-ring (bicyclic) bond motifs is 1. The molecule has 0 heterocycles. The summed E-state index contributed by atoms with van der Waals surface area (Å²) in [7, 11) is 0. The van der Waals surface area contributed by atoms with Crippen LogP contribution in [-0.2, 0) is 22.6 Å². The van der Waals surface area contributed by atoms with E-state index in [0.717, 1.165) is 27.5 Å². The van der Waals surface area contributed by atoms with Crippen molar-refractivity contribution in [2.24, 2.45) is 0 Å². The normalized spacial score (nSPS) is 11.9. The fourth-order valence-corrected chi connectivity index (χ4v) is 3.77. The molecular formula is C30H26FNO4. The fourth-order valence-electron chi connectivity index (χ4n) is 3.77. The van der Waals surface area contributed by atoms with Crippen LogP contribution in [0.25, 0.3) is 16.8 Å². The Hall–Kier alpha value is -4.45. The number of aryl methyl sites for hydroxylation is 1. The molecular weight excluding hydrogens is 457 g/mol. The predicted octanol–water partition coefficient (Wildman–Crippen LogP) is 5.69. The molecule has 1 unspecified atom stereocenters. The van der Waals surface area contributed by atoms with E-state index in [2.05, 4.69) is 5.32 Å². The van der Waals surface area contributed by atoms with E-state index in [-0.39, 0.29) is 18.8 Å². The molecule has 0 fully saturated rings. The third kappa shape index (κ3) is 6.57. The number of amides is 1. The highest BCUT2D eigenvalue weighted by Gasteiger charge is 2.19. The smallest absolute Gasteiger partial charge is 0.326 e. The van der Waals surface area contributed by atoms with Crippen molar-refractivity contribution in [3.05, 3.63) is 119 Å². The second-order valence-electron chi connectivity index (χ2n) is 8.57. The highest BCUT2D eigenvalue weighted by molar-refractivity contribution is 5.94. The van der Waals surface area contributed by atoms with Crippen molar-refractivity contribution in [3.8, 4) is 5.75 Å². The quantitative estimate of drug-likeness (QED) is 0.300. The van der Waals surface area contributed by atoms with Gasteiger partial charge in [0.15, 0.2) is 0 Å². The van der Waals surface area contributed by atoms with Gasteiger partial charge in [-0.1, -0.05) is 72.3 Å². The number of halogens is 1. The van der Waals surface area contributed by atoms with E-state index in [1.165, 1.54) is 12.1 Å². The Bertz CT molecular complexity index is 1410. The Balaban J connectivity index is 1.40. The van der Waals surface area contributed by atoms with Gasteiger partial charge in [0.25, 0.3) is 0 Å².